The molecule has 0 aliphatic carbocycles. The molecular formula is C13H15ClFNO2. The number of halogens is 2. The summed E-state index contributed by atoms with van der Waals surface area (Å²) < 4.78 is 18.7. The summed E-state index contributed by atoms with van der Waals surface area (Å²) in [5.41, 5.74) is 0.0869. The van der Waals surface area contributed by atoms with Crippen LogP contribution in [0.5, 0.6) is 5.75 Å². The van der Waals surface area contributed by atoms with Crippen LogP contribution in [0.1, 0.15) is 23.2 Å². The number of nitrogens with zero attached hydrogens (tertiary/aromatic N) is 1. The van der Waals surface area contributed by atoms with Gasteiger partial charge in [-0.3, -0.25) is 4.79 Å². The number of carbonyl (C=O) groups is 1. The summed E-state index contributed by atoms with van der Waals surface area (Å²) in [7, 11) is 1.46. The third-order valence-electron chi connectivity index (χ3n) is 3.12. The molecule has 0 radical (unpaired) electrons. The first-order valence-corrected chi connectivity index (χ1v) is 6.32. The highest BCUT2D eigenvalue weighted by Gasteiger charge is 2.24. The average molecular weight is 272 g/mol. The standard InChI is InChI=1S/C13H15ClFNO2/c1-18-10-2-3-11(12(15)8-10)13(17)16-6-4-9(14)5-7-16/h2-3,8-9H,4-7H2,1H3. The molecule has 0 saturated carbocycles. The molecule has 1 aromatic carbocycles. The van der Waals surface area contributed by atoms with E-state index < -0.39 is 5.82 Å². The second kappa shape index (κ2) is 5.57. The molecule has 1 saturated heterocycles. The Labute approximate surface area is 110 Å². The van der Waals surface area contributed by atoms with Gasteiger partial charge in [0.15, 0.2) is 0 Å². The highest BCUT2D eigenvalue weighted by atomic mass is 35.5. The van der Waals surface area contributed by atoms with Crippen LogP contribution in [-0.2, 0) is 0 Å². The van der Waals surface area contributed by atoms with Crippen LogP contribution < -0.4 is 4.74 Å². The van der Waals surface area contributed by atoms with Crippen LogP contribution in [0, 0.1) is 5.82 Å². The summed E-state index contributed by atoms with van der Waals surface area (Å²) in [5, 5.41) is 0.120. The number of ether oxygens (including phenoxy) is 1. The Morgan fingerprint density at radius 3 is 2.67 bits per heavy atom. The Morgan fingerprint density at radius 2 is 2.11 bits per heavy atom. The topological polar surface area (TPSA) is 29.5 Å². The average Bonchev–Trinajstić information content (AvgIpc) is 2.38. The summed E-state index contributed by atoms with van der Waals surface area (Å²) in [6.45, 7) is 1.16. The van der Waals surface area contributed by atoms with Crippen LogP contribution in [0.15, 0.2) is 18.2 Å². The van der Waals surface area contributed by atoms with Crippen LogP contribution in [0.4, 0.5) is 4.39 Å². The molecule has 0 N–H and O–H groups in total. The van der Waals surface area contributed by atoms with Gasteiger partial charge >= 0.3 is 0 Å². The van der Waals surface area contributed by atoms with Gasteiger partial charge in [0.1, 0.15) is 11.6 Å². The zero-order valence-electron chi connectivity index (χ0n) is 10.2. The molecule has 1 heterocycles. The molecule has 98 valence electrons. The van der Waals surface area contributed by atoms with Gasteiger partial charge in [0.25, 0.3) is 5.91 Å². The lowest BCUT2D eigenvalue weighted by Crippen LogP contribution is -2.39. The van der Waals surface area contributed by atoms with E-state index in [1.807, 2.05) is 0 Å². The van der Waals surface area contributed by atoms with E-state index in [2.05, 4.69) is 0 Å². The third kappa shape index (κ3) is 2.75. The maximum atomic E-state index is 13.8. The van der Waals surface area contributed by atoms with Gasteiger partial charge < -0.3 is 9.64 Å². The first-order chi connectivity index (χ1) is 8.61. The maximum absolute atomic E-state index is 13.8. The van der Waals surface area contributed by atoms with Crippen molar-refractivity contribution in [1.82, 2.24) is 4.90 Å². The van der Waals surface area contributed by atoms with E-state index in [-0.39, 0.29) is 16.8 Å². The number of carbonyl (C=O) groups excluding carboxylic acids is 1. The summed E-state index contributed by atoms with van der Waals surface area (Å²) >= 11 is 5.97. The van der Waals surface area contributed by atoms with Gasteiger partial charge in [-0.25, -0.2) is 4.39 Å². The van der Waals surface area contributed by atoms with Gasteiger partial charge in [0, 0.05) is 24.5 Å². The number of likely N-dealkylation sites (tertiary alicyclic amines) is 1. The number of hydrogen-bond donors (Lipinski definition) is 0. The predicted molar refractivity (Wildman–Crippen MR) is 67.7 cm³/mol. The lowest BCUT2D eigenvalue weighted by atomic mass is 10.1. The lowest BCUT2D eigenvalue weighted by Gasteiger charge is -2.29. The van der Waals surface area contributed by atoms with E-state index in [4.69, 9.17) is 16.3 Å². The first-order valence-electron chi connectivity index (χ1n) is 5.88. The normalized spacial score (nSPS) is 16.7. The van der Waals surface area contributed by atoms with Crippen molar-refractivity contribution in [2.24, 2.45) is 0 Å². The molecule has 18 heavy (non-hydrogen) atoms. The Balaban J connectivity index is 2.13. The van der Waals surface area contributed by atoms with E-state index in [0.29, 0.717) is 18.8 Å². The Kier molecular flexibility index (Phi) is 4.07. The minimum absolute atomic E-state index is 0.0869. The monoisotopic (exact) mass is 271 g/mol. The van der Waals surface area contributed by atoms with Gasteiger partial charge in [-0.1, -0.05) is 0 Å². The fourth-order valence-corrected chi connectivity index (χ4v) is 2.21. The smallest absolute Gasteiger partial charge is 0.256 e. The summed E-state index contributed by atoms with van der Waals surface area (Å²) in [5.74, 6) is -0.422. The molecular weight excluding hydrogens is 257 g/mol. The second-order valence-corrected chi connectivity index (χ2v) is 4.93. The molecule has 0 spiro atoms. The molecule has 0 unspecified atom stereocenters. The van der Waals surface area contributed by atoms with Crippen LogP contribution in [0.2, 0.25) is 0 Å². The van der Waals surface area contributed by atoms with E-state index in [0.717, 1.165) is 12.8 Å². The molecule has 1 fully saturated rings. The number of hydrogen-bond acceptors (Lipinski definition) is 2. The first kappa shape index (κ1) is 13.1. The minimum atomic E-state index is -0.549. The molecule has 1 aliphatic heterocycles. The Bertz CT molecular complexity index is 445. The number of alkyl halides is 1. The molecule has 1 amide bonds. The van der Waals surface area contributed by atoms with Crippen LogP contribution in [-0.4, -0.2) is 36.4 Å². The zero-order valence-corrected chi connectivity index (χ0v) is 10.9. The van der Waals surface area contributed by atoms with Crippen molar-refractivity contribution in [3.63, 3.8) is 0 Å². The molecule has 1 aromatic rings. The third-order valence-corrected chi connectivity index (χ3v) is 3.55. The largest absolute Gasteiger partial charge is 0.497 e. The molecule has 2 rings (SSSR count). The maximum Gasteiger partial charge on any atom is 0.256 e. The van der Waals surface area contributed by atoms with Crippen molar-refractivity contribution in [3.05, 3.63) is 29.6 Å². The number of amides is 1. The second-order valence-electron chi connectivity index (χ2n) is 4.31. The number of benzene rings is 1. The molecule has 0 atom stereocenters. The molecule has 3 nitrogen and oxygen atoms in total. The van der Waals surface area contributed by atoms with Gasteiger partial charge in [0.05, 0.1) is 12.7 Å². The fourth-order valence-electron chi connectivity index (χ4n) is 2.02. The van der Waals surface area contributed by atoms with Crippen molar-refractivity contribution in [3.8, 4) is 5.75 Å². The summed E-state index contributed by atoms with van der Waals surface area (Å²) in [4.78, 5) is 13.8. The highest BCUT2D eigenvalue weighted by molar-refractivity contribution is 6.20. The van der Waals surface area contributed by atoms with Gasteiger partial charge in [-0.15, -0.1) is 11.6 Å². The quantitative estimate of drug-likeness (QED) is 0.774. The zero-order chi connectivity index (χ0) is 13.1. The van der Waals surface area contributed by atoms with Crippen molar-refractivity contribution < 1.29 is 13.9 Å². The van der Waals surface area contributed by atoms with Crippen molar-refractivity contribution in [2.45, 2.75) is 18.2 Å². The SMILES string of the molecule is COc1ccc(C(=O)N2CCC(Cl)CC2)c(F)c1. The molecule has 1 aliphatic rings. The van der Waals surface area contributed by atoms with Crippen molar-refractivity contribution >= 4 is 17.5 Å². The lowest BCUT2D eigenvalue weighted by molar-refractivity contribution is 0.0721. The minimum Gasteiger partial charge on any atom is -0.497 e. The van der Waals surface area contributed by atoms with Crippen molar-refractivity contribution in [2.75, 3.05) is 20.2 Å². The Hall–Kier alpha value is -1.29. The number of piperidine rings is 1. The van der Waals surface area contributed by atoms with Crippen LogP contribution in [0.3, 0.4) is 0 Å². The Morgan fingerprint density at radius 1 is 1.44 bits per heavy atom. The summed E-state index contributed by atoms with van der Waals surface area (Å²) in [6, 6.07) is 4.27. The number of methoxy groups -OCH3 is 1. The van der Waals surface area contributed by atoms with E-state index in [1.54, 1.807) is 11.0 Å². The molecule has 0 bridgehead atoms. The van der Waals surface area contributed by atoms with Gasteiger partial charge in [-0.05, 0) is 25.0 Å². The van der Waals surface area contributed by atoms with Crippen LogP contribution in [0.25, 0.3) is 0 Å². The van der Waals surface area contributed by atoms with E-state index >= 15 is 0 Å². The van der Waals surface area contributed by atoms with E-state index in [9.17, 15) is 9.18 Å². The van der Waals surface area contributed by atoms with Crippen molar-refractivity contribution in [1.29, 1.82) is 0 Å². The molecule has 0 aromatic heterocycles. The fraction of sp³-hybridized carbons (Fsp3) is 0.462. The number of rotatable bonds is 2. The highest BCUT2D eigenvalue weighted by Crippen LogP contribution is 2.21. The molecule has 5 heteroatoms. The summed E-state index contributed by atoms with van der Waals surface area (Å²) in [6.07, 6.45) is 1.51. The predicted octanol–water partition coefficient (Wildman–Crippen LogP) is 2.68. The van der Waals surface area contributed by atoms with Crippen LogP contribution >= 0.6 is 11.6 Å². The van der Waals surface area contributed by atoms with Gasteiger partial charge in [-0.2, -0.15) is 0 Å². The van der Waals surface area contributed by atoms with E-state index in [1.165, 1.54) is 19.2 Å². The van der Waals surface area contributed by atoms with Gasteiger partial charge in [0.2, 0.25) is 0 Å².